The minimum atomic E-state index is -0.979. The summed E-state index contributed by atoms with van der Waals surface area (Å²) in [5.74, 6) is -0.0539. The average Bonchev–Trinajstić information content (AvgIpc) is 2.86. The highest BCUT2D eigenvalue weighted by Gasteiger charge is 2.60. The van der Waals surface area contributed by atoms with E-state index in [1.807, 2.05) is 109 Å². The van der Waals surface area contributed by atoms with Crippen LogP contribution in [0.15, 0.2) is 78.9 Å². The van der Waals surface area contributed by atoms with Gasteiger partial charge in [-0.3, -0.25) is 14.4 Å². The summed E-state index contributed by atoms with van der Waals surface area (Å²) in [6.45, 7) is 6.93. The molecule has 2 aliphatic heterocycles. The zero-order valence-electron chi connectivity index (χ0n) is 20.5. The number of benzene rings is 3. The Labute approximate surface area is 206 Å². The van der Waals surface area contributed by atoms with E-state index in [0.717, 1.165) is 16.7 Å². The molecule has 5 nitrogen and oxygen atoms in total. The van der Waals surface area contributed by atoms with Gasteiger partial charge in [0.25, 0.3) is 11.8 Å². The summed E-state index contributed by atoms with van der Waals surface area (Å²) in [6, 6.07) is 24.7. The maximum Gasteiger partial charge on any atom is 0.253 e. The number of ketones is 1. The number of amides is 2. The molecule has 5 heteroatoms. The Balaban J connectivity index is 1.55. The van der Waals surface area contributed by atoms with Crippen LogP contribution in [0.25, 0.3) is 0 Å². The monoisotopic (exact) mass is 466 g/mol. The third kappa shape index (κ3) is 3.95. The van der Waals surface area contributed by atoms with Crippen molar-refractivity contribution in [1.29, 1.82) is 0 Å². The molecule has 0 aliphatic carbocycles. The highest BCUT2D eigenvalue weighted by Crippen LogP contribution is 2.45. The fraction of sp³-hybridized carbons (Fsp3) is 0.300. The van der Waals surface area contributed by atoms with Gasteiger partial charge in [0, 0.05) is 37.3 Å². The maximum absolute atomic E-state index is 14.1. The second-order valence-corrected chi connectivity index (χ2v) is 10.4. The van der Waals surface area contributed by atoms with Crippen LogP contribution < -0.4 is 0 Å². The van der Waals surface area contributed by atoms with E-state index in [1.165, 1.54) is 0 Å². The molecule has 3 aromatic rings. The van der Waals surface area contributed by atoms with Crippen LogP contribution in [0.3, 0.4) is 0 Å². The van der Waals surface area contributed by atoms with Gasteiger partial charge in [0.2, 0.25) is 0 Å². The van der Waals surface area contributed by atoms with E-state index in [2.05, 4.69) is 0 Å². The highest BCUT2D eigenvalue weighted by molar-refractivity contribution is 6.03. The second-order valence-electron chi connectivity index (χ2n) is 10.4. The van der Waals surface area contributed by atoms with Crippen LogP contribution in [0.4, 0.5) is 0 Å². The second kappa shape index (κ2) is 8.49. The Morgan fingerprint density at radius 2 is 1.09 bits per heavy atom. The van der Waals surface area contributed by atoms with Crippen LogP contribution in [0, 0.1) is 19.3 Å². The number of rotatable bonds is 3. The molecule has 2 bridgehead atoms. The predicted octanol–water partition coefficient (Wildman–Crippen LogP) is 4.43. The summed E-state index contributed by atoms with van der Waals surface area (Å²) in [6.07, 6.45) is 0. The van der Waals surface area contributed by atoms with Gasteiger partial charge in [-0.15, -0.1) is 0 Å². The predicted molar refractivity (Wildman–Crippen MR) is 135 cm³/mol. The van der Waals surface area contributed by atoms with Gasteiger partial charge in [-0.25, -0.2) is 0 Å². The molecule has 0 N–H and O–H groups in total. The Kier molecular flexibility index (Phi) is 5.59. The fourth-order valence-electron chi connectivity index (χ4n) is 5.69. The summed E-state index contributed by atoms with van der Waals surface area (Å²) in [5.41, 5.74) is 2.40. The minimum Gasteiger partial charge on any atom is -0.336 e. The summed E-state index contributed by atoms with van der Waals surface area (Å²) >= 11 is 0. The van der Waals surface area contributed by atoms with Crippen LogP contribution >= 0.6 is 0 Å². The first-order chi connectivity index (χ1) is 16.7. The van der Waals surface area contributed by atoms with E-state index in [9.17, 15) is 14.4 Å². The van der Waals surface area contributed by atoms with Crippen molar-refractivity contribution in [3.8, 4) is 0 Å². The number of piperidine rings is 2. The summed E-state index contributed by atoms with van der Waals surface area (Å²) in [5, 5.41) is 0. The van der Waals surface area contributed by atoms with E-state index in [0.29, 0.717) is 11.1 Å². The average molecular weight is 467 g/mol. The SMILES string of the molecule is Cc1ccc(C(=O)N2CC3(C)CN(C(=O)c4ccc(C)cc4)CC(c4ccccc4)(C2)C3=O)cc1. The summed E-state index contributed by atoms with van der Waals surface area (Å²) in [4.78, 5) is 44.8. The normalized spacial score (nSPS) is 23.8. The van der Waals surface area contributed by atoms with Crippen LogP contribution in [-0.4, -0.2) is 53.6 Å². The third-order valence-electron chi connectivity index (χ3n) is 7.48. The molecule has 0 unspecified atom stereocenters. The van der Waals surface area contributed by atoms with Crippen molar-refractivity contribution in [2.75, 3.05) is 26.2 Å². The number of carbonyl (C=O) groups is 3. The Morgan fingerprint density at radius 3 is 1.51 bits per heavy atom. The molecule has 0 saturated carbocycles. The number of aryl methyl sites for hydroxylation is 2. The molecule has 0 spiro atoms. The van der Waals surface area contributed by atoms with Gasteiger partial charge in [-0.1, -0.05) is 65.7 Å². The number of nitrogens with zero attached hydrogens (tertiary/aromatic N) is 2. The molecule has 2 aliphatic rings. The molecular formula is C30H30N2O3. The van der Waals surface area contributed by atoms with E-state index < -0.39 is 10.8 Å². The number of likely N-dealkylation sites (tertiary alicyclic amines) is 2. The molecule has 5 rings (SSSR count). The van der Waals surface area contributed by atoms with Gasteiger partial charge < -0.3 is 9.80 Å². The number of Topliss-reactive ketones (excluding diaryl/α,β-unsaturated/α-hetero) is 1. The van der Waals surface area contributed by atoms with Gasteiger partial charge in [0.15, 0.2) is 5.78 Å². The topological polar surface area (TPSA) is 57.7 Å². The largest absolute Gasteiger partial charge is 0.336 e. The van der Waals surface area contributed by atoms with Crippen molar-refractivity contribution in [2.45, 2.75) is 26.2 Å². The Morgan fingerprint density at radius 1 is 0.657 bits per heavy atom. The van der Waals surface area contributed by atoms with Crippen molar-refractivity contribution in [3.63, 3.8) is 0 Å². The van der Waals surface area contributed by atoms with E-state index in [4.69, 9.17) is 0 Å². The molecule has 2 saturated heterocycles. The maximum atomic E-state index is 14.1. The molecule has 178 valence electrons. The lowest BCUT2D eigenvalue weighted by Gasteiger charge is -2.56. The van der Waals surface area contributed by atoms with Crippen molar-refractivity contribution >= 4 is 17.6 Å². The molecule has 2 amide bonds. The smallest absolute Gasteiger partial charge is 0.253 e. The minimum absolute atomic E-state index is 0.0812. The van der Waals surface area contributed by atoms with E-state index in [-0.39, 0.29) is 43.8 Å². The standard InChI is InChI=1S/C30H30N2O3/c1-21-9-13-23(14-10-21)26(33)31-17-29(3)18-32(27(34)24-15-11-22(2)12-16-24)20-30(19-31,28(29)35)25-7-5-4-6-8-25/h4-16H,17-20H2,1-3H3. The lowest BCUT2D eigenvalue weighted by molar-refractivity contribution is -0.146. The van der Waals surface area contributed by atoms with Gasteiger partial charge in [0.1, 0.15) is 0 Å². The molecule has 2 heterocycles. The first-order valence-corrected chi connectivity index (χ1v) is 12.0. The lowest BCUT2D eigenvalue weighted by atomic mass is 9.60. The fourth-order valence-corrected chi connectivity index (χ4v) is 5.69. The molecule has 3 aromatic carbocycles. The molecule has 0 atom stereocenters. The van der Waals surface area contributed by atoms with Crippen LogP contribution in [0.5, 0.6) is 0 Å². The number of fused-ring (bicyclic) bond motifs is 2. The molecular weight excluding hydrogens is 436 g/mol. The molecule has 35 heavy (non-hydrogen) atoms. The van der Waals surface area contributed by atoms with Gasteiger partial charge >= 0.3 is 0 Å². The van der Waals surface area contributed by atoms with Crippen LogP contribution in [0.2, 0.25) is 0 Å². The third-order valence-corrected chi connectivity index (χ3v) is 7.48. The lowest BCUT2D eigenvalue weighted by Crippen LogP contribution is -2.72. The van der Waals surface area contributed by atoms with Crippen LogP contribution in [-0.2, 0) is 10.2 Å². The zero-order chi connectivity index (χ0) is 24.8. The van der Waals surface area contributed by atoms with Gasteiger partial charge in [-0.2, -0.15) is 0 Å². The molecule has 0 aromatic heterocycles. The number of carbonyl (C=O) groups excluding carboxylic acids is 3. The number of hydrogen-bond donors (Lipinski definition) is 0. The van der Waals surface area contributed by atoms with Gasteiger partial charge in [-0.05, 0) is 50.6 Å². The van der Waals surface area contributed by atoms with Crippen molar-refractivity contribution in [2.24, 2.45) is 5.41 Å². The highest BCUT2D eigenvalue weighted by atomic mass is 16.2. The molecule has 2 fully saturated rings. The van der Waals surface area contributed by atoms with Crippen molar-refractivity contribution in [1.82, 2.24) is 9.80 Å². The van der Waals surface area contributed by atoms with Crippen molar-refractivity contribution < 1.29 is 14.4 Å². The van der Waals surface area contributed by atoms with Crippen LogP contribution in [0.1, 0.15) is 44.3 Å². The number of hydrogen-bond acceptors (Lipinski definition) is 3. The van der Waals surface area contributed by atoms with E-state index in [1.54, 1.807) is 0 Å². The van der Waals surface area contributed by atoms with E-state index >= 15 is 0 Å². The summed E-state index contributed by atoms with van der Waals surface area (Å²) in [7, 11) is 0. The Hall–Kier alpha value is -3.73. The van der Waals surface area contributed by atoms with Crippen molar-refractivity contribution in [3.05, 3.63) is 107 Å². The van der Waals surface area contributed by atoms with Gasteiger partial charge in [0.05, 0.1) is 10.8 Å². The first-order valence-electron chi connectivity index (χ1n) is 12.0. The zero-order valence-corrected chi connectivity index (χ0v) is 20.5. The summed E-state index contributed by atoms with van der Waals surface area (Å²) < 4.78 is 0. The first kappa shape index (κ1) is 23.0. The quantitative estimate of drug-likeness (QED) is 0.574. The molecule has 0 radical (unpaired) electrons. The Bertz CT molecular complexity index is 1210.